The first-order valence-corrected chi connectivity index (χ1v) is 6.43. The normalized spacial score (nSPS) is 10.6. The van der Waals surface area contributed by atoms with Gasteiger partial charge in [0.1, 0.15) is 5.69 Å². The molecule has 0 spiro atoms. The van der Waals surface area contributed by atoms with Crippen molar-refractivity contribution >= 4 is 22.5 Å². The maximum Gasteiger partial charge on any atom is 0.267 e. The first kappa shape index (κ1) is 12.3. The van der Waals surface area contributed by atoms with Crippen molar-refractivity contribution in [3.05, 3.63) is 65.9 Å². The molecule has 1 amide bonds. The molecule has 4 nitrogen and oxygen atoms in total. The summed E-state index contributed by atoms with van der Waals surface area (Å²) in [6, 6.07) is 17.2. The highest BCUT2D eigenvalue weighted by molar-refractivity contribution is 6.00. The minimum absolute atomic E-state index is 0.135. The summed E-state index contributed by atoms with van der Waals surface area (Å²) in [5, 5.41) is 3.82. The molecule has 0 saturated carbocycles. The van der Waals surface area contributed by atoms with Crippen LogP contribution in [-0.4, -0.2) is 10.9 Å². The zero-order chi connectivity index (χ0) is 13.9. The van der Waals surface area contributed by atoms with Gasteiger partial charge in [-0.3, -0.25) is 4.79 Å². The number of carbonyl (C=O) groups excluding carboxylic acids is 1. The quantitative estimate of drug-likeness (QED) is 0.637. The van der Waals surface area contributed by atoms with Crippen LogP contribution in [0.3, 0.4) is 0 Å². The molecule has 0 aliphatic rings. The second kappa shape index (κ2) is 5.09. The van der Waals surface area contributed by atoms with Crippen molar-refractivity contribution < 1.29 is 4.79 Å². The molecular formula is C16H15N3O. The highest BCUT2D eigenvalue weighted by atomic mass is 16.1. The van der Waals surface area contributed by atoms with Crippen LogP contribution in [0.2, 0.25) is 0 Å². The van der Waals surface area contributed by atoms with Crippen LogP contribution >= 0.6 is 0 Å². The molecule has 1 heterocycles. The Bertz CT molecular complexity index is 747. The van der Waals surface area contributed by atoms with Crippen LogP contribution in [0.1, 0.15) is 16.1 Å². The predicted octanol–water partition coefficient (Wildman–Crippen LogP) is 2.68. The zero-order valence-corrected chi connectivity index (χ0v) is 10.9. The molecule has 20 heavy (non-hydrogen) atoms. The number of aromatic nitrogens is 1. The largest absolute Gasteiger partial charge is 0.397 e. The van der Waals surface area contributed by atoms with Crippen molar-refractivity contribution in [1.82, 2.24) is 10.3 Å². The molecule has 3 rings (SSSR count). The summed E-state index contributed by atoms with van der Waals surface area (Å²) in [5.74, 6) is -0.135. The molecule has 4 N–H and O–H groups in total. The van der Waals surface area contributed by atoms with Gasteiger partial charge in [0.2, 0.25) is 0 Å². The van der Waals surface area contributed by atoms with Gasteiger partial charge in [0, 0.05) is 11.9 Å². The SMILES string of the molecule is Nc1cccc2cc(C(=O)NCc3ccccc3)[nH]c12. The molecule has 0 aliphatic heterocycles. The molecule has 0 unspecified atom stereocenters. The van der Waals surface area contributed by atoms with Crippen LogP contribution in [0.15, 0.2) is 54.6 Å². The van der Waals surface area contributed by atoms with Crippen molar-refractivity contribution in [3.8, 4) is 0 Å². The van der Waals surface area contributed by atoms with E-state index in [1.54, 1.807) is 0 Å². The fourth-order valence-corrected chi connectivity index (χ4v) is 2.18. The Morgan fingerprint density at radius 1 is 1.10 bits per heavy atom. The maximum atomic E-state index is 12.1. The van der Waals surface area contributed by atoms with E-state index in [1.165, 1.54) is 0 Å². The number of H-pyrrole nitrogens is 1. The number of hydrogen-bond donors (Lipinski definition) is 3. The number of carbonyl (C=O) groups is 1. The highest BCUT2D eigenvalue weighted by Gasteiger charge is 2.10. The number of nitrogens with two attached hydrogens (primary N) is 1. The van der Waals surface area contributed by atoms with Crippen molar-refractivity contribution in [2.45, 2.75) is 6.54 Å². The monoisotopic (exact) mass is 265 g/mol. The number of rotatable bonds is 3. The molecule has 0 bridgehead atoms. The number of anilines is 1. The first-order valence-electron chi connectivity index (χ1n) is 6.43. The van der Waals surface area contributed by atoms with E-state index in [1.807, 2.05) is 54.6 Å². The molecule has 100 valence electrons. The van der Waals surface area contributed by atoms with Gasteiger partial charge >= 0.3 is 0 Å². The van der Waals surface area contributed by atoms with E-state index in [0.717, 1.165) is 16.5 Å². The third-order valence-electron chi connectivity index (χ3n) is 3.23. The number of para-hydroxylation sites is 1. The number of benzene rings is 2. The Morgan fingerprint density at radius 3 is 2.65 bits per heavy atom. The Morgan fingerprint density at radius 2 is 1.90 bits per heavy atom. The Kier molecular flexibility index (Phi) is 3.13. The van der Waals surface area contributed by atoms with E-state index in [0.29, 0.717) is 17.9 Å². The van der Waals surface area contributed by atoms with Crippen LogP contribution in [0.4, 0.5) is 5.69 Å². The standard InChI is InChI=1S/C16H15N3O/c17-13-8-4-7-12-9-14(19-15(12)13)16(20)18-10-11-5-2-1-3-6-11/h1-9,19H,10,17H2,(H,18,20). The molecule has 2 aromatic carbocycles. The average molecular weight is 265 g/mol. The van der Waals surface area contributed by atoms with E-state index in [9.17, 15) is 4.79 Å². The Balaban J connectivity index is 1.77. The summed E-state index contributed by atoms with van der Waals surface area (Å²) in [5.41, 5.74) is 8.91. The minimum Gasteiger partial charge on any atom is -0.397 e. The van der Waals surface area contributed by atoms with Crippen LogP contribution in [0.25, 0.3) is 10.9 Å². The molecule has 3 aromatic rings. The van der Waals surface area contributed by atoms with Gasteiger partial charge in [-0.1, -0.05) is 42.5 Å². The van der Waals surface area contributed by atoms with E-state index in [2.05, 4.69) is 10.3 Å². The van der Waals surface area contributed by atoms with E-state index < -0.39 is 0 Å². The van der Waals surface area contributed by atoms with Crippen molar-refractivity contribution in [2.75, 3.05) is 5.73 Å². The van der Waals surface area contributed by atoms with Crippen LogP contribution < -0.4 is 11.1 Å². The second-order valence-electron chi connectivity index (χ2n) is 4.66. The van der Waals surface area contributed by atoms with Crippen LogP contribution in [0.5, 0.6) is 0 Å². The summed E-state index contributed by atoms with van der Waals surface area (Å²) >= 11 is 0. The number of amides is 1. The van der Waals surface area contributed by atoms with Gasteiger partial charge in [-0.05, 0) is 17.7 Å². The number of nitrogen functional groups attached to an aromatic ring is 1. The summed E-state index contributed by atoms with van der Waals surface area (Å²) in [7, 11) is 0. The van der Waals surface area contributed by atoms with Crippen molar-refractivity contribution in [2.24, 2.45) is 0 Å². The van der Waals surface area contributed by atoms with Gasteiger partial charge < -0.3 is 16.0 Å². The van der Waals surface area contributed by atoms with Crippen LogP contribution in [0, 0.1) is 0 Å². The topological polar surface area (TPSA) is 70.9 Å². The molecule has 0 radical (unpaired) electrons. The number of hydrogen-bond acceptors (Lipinski definition) is 2. The zero-order valence-electron chi connectivity index (χ0n) is 10.9. The number of fused-ring (bicyclic) bond motifs is 1. The molecule has 1 aromatic heterocycles. The molecule has 0 fully saturated rings. The minimum atomic E-state index is -0.135. The molecule has 0 aliphatic carbocycles. The highest BCUT2D eigenvalue weighted by Crippen LogP contribution is 2.21. The van der Waals surface area contributed by atoms with Gasteiger partial charge in [0.25, 0.3) is 5.91 Å². The van der Waals surface area contributed by atoms with E-state index >= 15 is 0 Å². The van der Waals surface area contributed by atoms with E-state index in [-0.39, 0.29) is 5.91 Å². The fraction of sp³-hybridized carbons (Fsp3) is 0.0625. The summed E-state index contributed by atoms with van der Waals surface area (Å²) in [4.78, 5) is 15.2. The van der Waals surface area contributed by atoms with Gasteiger partial charge in [-0.15, -0.1) is 0 Å². The Hall–Kier alpha value is -2.75. The molecule has 0 atom stereocenters. The fourth-order valence-electron chi connectivity index (χ4n) is 2.18. The molecular weight excluding hydrogens is 250 g/mol. The lowest BCUT2D eigenvalue weighted by molar-refractivity contribution is 0.0947. The summed E-state index contributed by atoms with van der Waals surface area (Å²) < 4.78 is 0. The smallest absolute Gasteiger partial charge is 0.267 e. The third-order valence-corrected chi connectivity index (χ3v) is 3.23. The van der Waals surface area contributed by atoms with Crippen LogP contribution in [-0.2, 0) is 6.54 Å². The van der Waals surface area contributed by atoms with E-state index in [4.69, 9.17) is 5.73 Å². The number of nitrogens with one attached hydrogen (secondary N) is 2. The maximum absolute atomic E-state index is 12.1. The number of aromatic amines is 1. The summed E-state index contributed by atoms with van der Waals surface area (Å²) in [6.07, 6.45) is 0. The predicted molar refractivity (Wildman–Crippen MR) is 80.3 cm³/mol. The molecule has 4 heteroatoms. The average Bonchev–Trinajstić information content (AvgIpc) is 2.91. The summed E-state index contributed by atoms with van der Waals surface area (Å²) in [6.45, 7) is 0.504. The molecule has 0 saturated heterocycles. The van der Waals surface area contributed by atoms with Crippen molar-refractivity contribution in [3.63, 3.8) is 0 Å². The lowest BCUT2D eigenvalue weighted by Gasteiger charge is -2.03. The lowest BCUT2D eigenvalue weighted by atomic mass is 10.2. The lowest BCUT2D eigenvalue weighted by Crippen LogP contribution is -2.22. The van der Waals surface area contributed by atoms with Crippen molar-refractivity contribution in [1.29, 1.82) is 0 Å². The second-order valence-corrected chi connectivity index (χ2v) is 4.66. The third kappa shape index (κ3) is 2.36. The van der Waals surface area contributed by atoms with Gasteiger partial charge in [0.15, 0.2) is 0 Å². The van der Waals surface area contributed by atoms with Gasteiger partial charge in [0.05, 0.1) is 11.2 Å². The Labute approximate surface area is 116 Å². The first-order chi connectivity index (χ1) is 9.74. The van der Waals surface area contributed by atoms with Gasteiger partial charge in [-0.25, -0.2) is 0 Å². The van der Waals surface area contributed by atoms with Gasteiger partial charge in [-0.2, -0.15) is 0 Å².